The molecule has 2 N–H and O–H groups in total. The van der Waals surface area contributed by atoms with Gasteiger partial charge in [-0.05, 0) is 13.0 Å². The summed E-state index contributed by atoms with van der Waals surface area (Å²) in [4.78, 5) is 4.54. The molecule has 0 saturated heterocycles. The van der Waals surface area contributed by atoms with Gasteiger partial charge in [-0.25, -0.2) is 4.99 Å². The molecule has 0 aromatic carbocycles. The van der Waals surface area contributed by atoms with Gasteiger partial charge in [-0.15, -0.1) is 30.6 Å². The van der Waals surface area contributed by atoms with Crippen LogP contribution < -0.4 is 10.6 Å². The molecular weight excluding hydrogens is 454 g/mol. The molecule has 1 aromatic heterocycles. The van der Waals surface area contributed by atoms with Gasteiger partial charge in [0.1, 0.15) is 5.15 Å². The van der Waals surface area contributed by atoms with Gasteiger partial charge < -0.3 is 15.2 Å². The zero-order valence-electron chi connectivity index (χ0n) is 12.9. The molecule has 0 unspecified atom stereocenters. The maximum Gasteiger partial charge on any atom is 0.191 e. The first-order chi connectivity index (χ1) is 10.1. The topological polar surface area (TPSA) is 41.4 Å². The van der Waals surface area contributed by atoms with E-state index in [1.807, 2.05) is 42.4 Å². The molecule has 0 amide bonds. The second-order valence-corrected chi connectivity index (χ2v) is 6.23. The molecule has 0 aliphatic carbocycles. The second-order valence-electron chi connectivity index (χ2n) is 4.32. The second kappa shape index (κ2) is 12.4. The fourth-order valence-corrected chi connectivity index (χ4v) is 2.65. The van der Waals surface area contributed by atoms with Crippen LogP contribution in [0.3, 0.4) is 0 Å². The molecule has 1 heterocycles. The Morgan fingerprint density at radius 2 is 2.18 bits per heavy atom. The molecule has 22 heavy (non-hydrogen) atoms. The summed E-state index contributed by atoms with van der Waals surface area (Å²) in [7, 11) is 1.88. The monoisotopic (exact) mass is 476 g/mol. The van der Waals surface area contributed by atoms with E-state index in [1.54, 1.807) is 0 Å². The number of thioether (sulfide) groups is 1. The number of aromatic nitrogens is 1. The van der Waals surface area contributed by atoms with E-state index in [1.165, 1.54) is 0 Å². The molecule has 0 atom stereocenters. The van der Waals surface area contributed by atoms with Crippen molar-refractivity contribution in [3.8, 4) is 0 Å². The third-order valence-corrected chi connectivity index (χ3v) is 4.54. The van der Waals surface area contributed by atoms with Crippen LogP contribution >= 0.6 is 58.9 Å². The van der Waals surface area contributed by atoms with Gasteiger partial charge in [0.05, 0.1) is 11.6 Å². The third-order valence-electron chi connectivity index (χ3n) is 2.73. The summed E-state index contributed by atoms with van der Waals surface area (Å²) < 4.78 is 1.84. The SMILES string of the molecule is C=CCSCCNC(=NCc1cc(Cl)c(Cl)n1C)NCC.I. The molecular formula is C14H23Cl2IN4S. The maximum atomic E-state index is 6.05. The van der Waals surface area contributed by atoms with E-state index in [0.29, 0.717) is 16.7 Å². The molecule has 8 heteroatoms. The summed E-state index contributed by atoms with van der Waals surface area (Å²) >= 11 is 13.9. The zero-order chi connectivity index (χ0) is 15.7. The minimum atomic E-state index is 0. The van der Waals surface area contributed by atoms with E-state index >= 15 is 0 Å². The average Bonchev–Trinajstić information content (AvgIpc) is 2.71. The smallest absolute Gasteiger partial charge is 0.191 e. The Labute approximate surface area is 164 Å². The summed E-state index contributed by atoms with van der Waals surface area (Å²) in [5.41, 5.74) is 0.975. The van der Waals surface area contributed by atoms with E-state index in [-0.39, 0.29) is 24.0 Å². The Balaban J connectivity index is 0.00000441. The molecule has 0 aliphatic heterocycles. The third kappa shape index (κ3) is 7.48. The minimum Gasteiger partial charge on any atom is -0.357 e. The number of rotatable bonds is 8. The maximum absolute atomic E-state index is 6.05. The molecule has 1 aromatic rings. The van der Waals surface area contributed by atoms with Crippen molar-refractivity contribution in [2.24, 2.45) is 12.0 Å². The molecule has 4 nitrogen and oxygen atoms in total. The predicted molar refractivity (Wildman–Crippen MR) is 111 cm³/mol. The Hall–Kier alpha value is -0.0500. The van der Waals surface area contributed by atoms with Gasteiger partial charge in [-0.3, -0.25) is 0 Å². The largest absolute Gasteiger partial charge is 0.357 e. The Morgan fingerprint density at radius 3 is 2.73 bits per heavy atom. The number of hydrogen-bond acceptors (Lipinski definition) is 2. The number of halogens is 3. The number of aliphatic imine (C=N–C) groups is 1. The first-order valence-corrected chi connectivity index (χ1v) is 8.71. The molecule has 1 rings (SSSR count). The van der Waals surface area contributed by atoms with Crippen molar-refractivity contribution in [1.29, 1.82) is 0 Å². The van der Waals surface area contributed by atoms with Crippen LogP contribution in [0.25, 0.3) is 0 Å². The van der Waals surface area contributed by atoms with Gasteiger partial charge in [0.25, 0.3) is 0 Å². The van der Waals surface area contributed by atoms with Crippen LogP contribution in [0.2, 0.25) is 10.2 Å². The summed E-state index contributed by atoms with van der Waals surface area (Å²) in [6.45, 7) is 7.95. The highest BCUT2D eigenvalue weighted by Gasteiger charge is 2.08. The lowest BCUT2D eigenvalue weighted by Crippen LogP contribution is -2.38. The van der Waals surface area contributed by atoms with Gasteiger partial charge in [0, 0.05) is 37.3 Å². The first kappa shape index (κ1) is 21.9. The van der Waals surface area contributed by atoms with Gasteiger partial charge in [0.2, 0.25) is 0 Å². The van der Waals surface area contributed by atoms with Crippen molar-refractivity contribution in [1.82, 2.24) is 15.2 Å². The fourth-order valence-electron chi connectivity index (χ4n) is 1.65. The highest BCUT2D eigenvalue weighted by atomic mass is 127. The van der Waals surface area contributed by atoms with Crippen molar-refractivity contribution in [3.63, 3.8) is 0 Å². The molecule has 0 spiro atoms. The number of guanidine groups is 1. The van der Waals surface area contributed by atoms with Gasteiger partial charge in [-0.1, -0.05) is 29.3 Å². The van der Waals surface area contributed by atoms with E-state index < -0.39 is 0 Å². The van der Waals surface area contributed by atoms with Crippen LogP contribution in [0.4, 0.5) is 0 Å². The Morgan fingerprint density at radius 1 is 1.45 bits per heavy atom. The van der Waals surface area contributed by atoms with Crippen LogP contribution in [0.1, 0.15) is 12.6 Å². The Bertz CT molecular complexity index is 491. The minimum absolute atomic E-state index is 0. The van der Waals surface area contributed by atoms with Crippen LogP contribution in [0, 0.1) is 0 Å². The zero-order valence-corrected chi connectivity index (χ0v) is 17.5. The summed E-state index contributed by atoms with van der Waals surface area (Å²) in [6.07, 6.45) is 1.91. The lowest BCUT2D eigenvalue weighted by Gasteiger charge is -2.11. The summed E-state index contributed by atoms with van der Waals surface area (Å²) in [6, 6.07) is 1.84. The highest BCUT2D eigenvalue weighted by molar-refractivity contribution is 14.0. The standard InChI is InChI=1S/C14H22Cl2N4S.HI/c1-4-7-21-8-6-18-14(17-5-2)19-10-11-9-12(15)13(16)20(11)3;/h4,9H,1,5-8,10H2,2-3H3,(H2,17,18,19);1H. The lowest BCUT2D eigenvalue weighted by atomic mass is 10.4. The van der Waals surface area contributed by atoms with Crippen LogP contribution in [0.5, 0.6) is 0 Å². The summed E-state index contributed by atoms with van der Waals surface area (Å²) in [5.74, 6) is 2.78. The van der Waals surface area contributed by atoms with Crippen LogP contribution in [0.15, 0.2) is 23.7 Å². The van der Waals surface area contributed by atoms with Crippen molar-refractivity contribution in [2.75, 3.05) is 24.6 Å². The van der Waals surface area contributed by atoms with Crippen LogP contribution in [-0.4, -0.2) is 35.1 Å². The molecule has 0 radical (unpaired) electrons. The quantitative estimate of drug-likeness (QED) is 0.196. The lowest BCUT2D eigenvalue weighted by molar-refractivity contribution is 0.798. The van der Waals surface area contributed by atoms with Crippen molar-refractivity contribution < 1.29 is 0 Å². The van der Waals surface area contributed by atoms with Gasteiger partial charge in [0.15, 0.2) is 5.96 Å². The normalized spacial score (nSPS) is 11.0. The number of nitrogens with one attached hydrogen (secondary N) is 2. The van der Waals surface area contributed by atoms with Gasteiger partial charge >= 0.3 is 0 Å². The molecule has 126 valence electrons. The summed E-state index contributed by atoms with van der Waals surface area (Å²) in [5, 5.41) is 7.62. The van der Waals surface area contributed by atoms with Crippen molar-refractivity contribution in [3.05, 3.63) is 34.6 Å². The van der Waals surface area contributed by atoms with E-state index in [0.717, 1.165) is 36.2 Å². The predicted octanol–water partition coefficient (Wildman–Crippen LogP) is 3.92. The van der Waals surface area contributed by atoms with Crippen LogP contribution in [-0.2, 0) is 13.6 Å². The molecule has 0 bridgehead atoms. The number of hydrogen-bond donors (Lipinski definition) is 2. The fraction of sp³-hybridized carbons (Fsp3) is 0.500. The van der Waals surface area contributed by atoms with E-state index in [2.05, 4.69) is 22.2 Å². The Kier molecular flexibility index (Phi) is 12.4. The highest BCUT2D eigenvalue weighted by Crippen LogP contribution is 2.25. The number of nitrogens with zero attached hydrogens (tertiary/aromatic N) is 2. The molecule has 0 fully saturated rings. The average molecular weight is 477 g/mol. The van der Waals surface area contributed by atoms with Crippen molar-refractivity contribution >= 4 is 64.9 Å². The van der Waals surface area contributed by atoms with E-state index in [4.69, 9.17) is 23.2 Å². The molecule has 0 saturated carbocycles. The van der Waals surface area contributed by atoms with E-state index in [9.17, 15) is 0 Å². The first-order valence-electron chi connectivity index (χ1n) is 6.80. The van der Waals surface area contributed by atoms with Gasteiger partial charge in [-0.2, -0.15) is 11.8 Å². The van der Waals surface area contributed by atoms with Crippen molar-refractivity contribution in [2.45, 2.75) is 13.5 Å². The molecule has 0 aliphatic rings.